The number of carboxylic acid groups (broad SMARTS) is 1. The monoisotopic (exact) mass is 368 g/mol. The van der Waals surface area contributed by atoms with E-state index < -0.39 is 5.97 Å². The molecule has 0 heterocycles. The van der Waals surface area contributed by atoms with Crippen molar-refractivity contribution in [3.8, 4) is 11.1 Å². The molecule has 1 N–H and O–H groups in total. The van der Waals surface area contributed by atoms with Gasteiger partial charge in [0.15, 0.2) is 0 Å². The first kappa shape index (κ1) is 18.2. The molecule has 1 aliphatic carbocycles. The Kier molecular flexibility index (Phi) is 5.12. The average Bonchev–Trinajstić information content (AvgIpc) is 2.73. The summed E-state index contributed by atoms with van der Waals surface area (Å²) in [6.07, 6.45) is 3.24. The van der Waals surface area contributed by atoms with Crippen LogP contribution in [0.3, 0.4) is 0 Å². The summed E-state index contributed by atoms with van der Waals surface area (Å²) in [4.78, 5) is 11.2. The number of fused-ring (bicyclic) bond motifs is 1. The van der Waals surface area contributed by atoms with Crippen molar-refractivity contribution in [3.63, 3.8) is 0 Å². The molecular weight excluding hydrogens is 344 g/mol. The molecule has 28 heavy (non-hydrogen) atoms. The lowest BCUT2D eigenvalue weighted by Crippen LogP contribution is -2.13. The van der Waals surface area contributed by atoms with E-state index in [0.29, 0.717) is 0 Å². The summed E-state index contributed by atoms with van der Waals surface area (Å²) in [5.41, 5.74) is 8.10. The largest absolute Gasteiger partial charge is 0.481 e. The van der Waals surface area contributed by atoms with Crippen molar-refractivity contribution in [3.05, 3.63) is 102 Å². The number of hydrogen-bond donors (Lipinski definition) is 1. The molecule has 0 radical (unpaired) electrons. The lowest BCUT2D eigenvalue weighted by atomic mass is 9.79. The molecule has 1 aliphatic rings. The van der Waals surface area contributed by atoms with E-state index in [1.54, 1.807) is 0 Å². The van der Waals surface area contributed by atoms with E-state index >= 15 is 0 Å². The van der Waals surface area contributed by atoms with Gasteiger partial charge in [0.2, 0.25) is 0 Å². The van der Waals surface area contributed by atoms with Crippen molar-refractivity contribution >= 4 is 11.5 Å². The Morgan fingerprint density at radius 1 is 0.929 bits per heavy atom. The van der Waals surface area contributed by atoms with Crippen LogP contribution in [0.5, 0.6) is 0 Å². The first-order valence-corrected chi connectivity index (χ1v) is 9.81. The zero-order chi connectivity index (χ0) is 19.5. The number of carboxylic acids is 1. The summed E-state index contributed by atoms with van der Waals surface area (Å²) in [5.74, 6) is -0.585. The van der Waals surface area contributed by atoms with Gasteiger partial charge in [-0.1, -0.05) is 79.4 Å². The first-order chi connectivity index (χ1) is 13.6. The zero-order valence-corrected chi connectivity index (χ0v) is 15.9. The second kappa shape index (κ2) is 7.85. The SMILES string of the molecule is C=C(c1ccc(-c2ccccc2)cc1)c1ccc2c(c1)CCCC2CC(=O)O. The van der Waals surface area contributed by atoms with Crippen molar-refractivity contribution in [1.29, 1.82) is 0 Å². The Balaban J connectivity index is 1.58. The van der Waals surface area contributed by atoms with E-state index in [1.807, 2.05) is 18.2 Å². The molecule has 140 valence electrons. The number of carbonyl (C=O) groups is 1. The lowest BCUT2D eigenvalue weighted by molar-refractivity contribution is -0.137. The van der Waals surface area contributed by atoms with E-state index in [9.17, 15) is 9.90 Å². The van der Waals surface area contributed by atoms with Gasteiger partial charge >= 0.3 is 5.97 Å². The third-order valence-electron chi connectivity index (χ3n) is 5.69. The molecule has 0 bridgehead atoms. The number of rotatable bonds is 5. The van der Waals surface area contributed by atoms with Crippen molar-refractivity contribution in [2.75, 3.05) is 0 Å². The Morgan fingerprint density at radius 3 is 2.32 bits per heavy atom. The summed E-state index contributed by atoms with van der Waals surface area (Å²) in [6, 6.07) is 25.3. The molecule has 0 fully saturated rings. The minimum absolute atomic E-state index is 0.133. The fourth-order valence-corrected chi connectivity index (χ4v) is 4.19. The maximum Gasteiger partial charge on any atom is 0.303 e. The standard InChI is InChI=1S/C26H24O2/c1-18(19-10-12-21(13-11-19)20-6-3-2-4-7-20)22-14-15-25-23(16-22)8-5-9-24(25)17-26(27)28/h2-4,6-7,10-16,24H,1,5,8-9,17H2,(H,27,28). The van der Waals surface area contributed by atoms with Crippen LogP contribution in [0.25, 0.3) is 16.7 Å². The molecular formula is C26H24O2. The van der Waals surface area contributed by atoms with Crippen molar-refractivity contribution in [2.45, 2.75) is 31.6 Å². The van der Waals surface area contributed by atoms with Crippen molar-refractivity contribution in [1.82, 2.24) is 0 Å². The average molecular weight is 368 g/mol. The van der Waals surface area contributed by atoms with Crippen LogP contribution in [-0.4, -0.2) is 11.1 Å². The maximum absolute atomic E-state index is 11.2. The van der Waals surface area contributed by atoms with E-state index in [2.05, 4.69) is 61.2 Å². The Labute approximate surface area is 166 Å². The van der Waals surface area contributed by atoms with Gasteiger partial charge in [0.1, 0.15) is 0 Å². The molecule has 1 atom stereocenters. The molecule has 0 aliphatic heterocycles. The molecule has 0 spiro atoms. The van der Waals surface area contributed by atoms with Gasteiger partial charge in [-0.15, -0.1) is 0 Å². The summed E-state index contributed by atoms with van der Waals surface area (Å²) in [5, 5.41) is 9.17. The normalized spacial score (nSPS) is 15.6. The Bertz CT molecular complexity index is 1000. The van der Waals surface area contributed by atoms with Crippen LogP contribution in [0.15, 0.2) is 79.4 Å². The second-order valence-electron chi connectivity index (χ2n) is 7.52. The van der Waals surface area contributed by atoms with E-state index in [4.69, 9.17) is 0 Å². The quantitative estimate of drug-likeness (QED) is 0.573. The van der Waals surface area contributed by atoms with Crippen LogP contribution in [0.4, 0.5) is 0 Å². The Morgan fingerprint density at radius 2 is 1.61 bits per heavy atom. The molecule has 0 saturated carbocycles. The third-order valence-corrected chi connectivity index (χ3v) is 5.69. The van der Waals surface area contributed by atoms with Gasteiger partial charge < -0.3 is 5.11 Å². The minimum Gasteiger partial charge on any atom is -0.481 e. The van der Waals surface area contributed by atoms with E-state index in [-0.39, 0.29) is 12.3 Å². The zero-order valence-electron chi connectivity index (χ0n) is 15.9. The number of benzene rings is 3. The summed E-state index contributed by atoms with van der Waals surface area (Å²) >= 11 is 0. The fraction of sp³-hybridized carbons (Fsp3) is 0.192. The van der Waals surface area contributed by atoms with Crippen LogP contribution in [-0.2, 0) is 11.2 Å². The van der Waals surface area contributed by atoms with Crippen LogP contribution in [0, 0.1) is 0 Å². The first-order valence-electron chi connectivity index (χ1n) is 9.81. The molecule has 1 unspecified atom stereocenters. The molecule has 2 nitrogen and oxygen atoms in total. The molecule has 0 amide bonds. The highest BCUT2D eigenvalue weighted by molar-refractivity contribution is 5.80. The van der Waals surface area contributed by atoms with Gasteiger partial charge in [-0.25, -0.2) is 0 Å². The van der Waals surface area contributed by atoms with Crippen LogP contribution in [0.2, 0.25) is 0 Å². The molecule has 0 saturated heterocycles. The van der Waals surface area contributed by atoms with Crippen LogP contribution >= 0.6 is 0 Å². The van der Waals surface area contributed by atoms with Crippen LogP contribution < -0.4 is 0 Å². The summed E-state index contributed by atoms with van der Waals surface area (Å²) < 4.78 is 0. The third kappa shape index (κ3) is 3.77. The number of hydrogen-bond acceptors (Lipinski definition) is 1. The lowest BCUT2D eigenvalue weighted by Gasteiger charge is -2.25. The molecule has 0 aromatic heterocycles. The van der Waals surface area contributed by atoms with Gasteiger partial charge in [-0.3, -0.25) is 4.79 Å². The minimum atomic E-state index is -0.718. The highest BCUT2D eigenvalue weighted by Crippen LogP contribution is 2.36. The highest BCUT2D eigenvalue weighted by Gasteiger charge is 2.23. The van der Waals surface area contributed by atoms with Gasteiger partial charge in [0, 0.05) is 0 Å². The topological polar surface area (TPSA) is 37.3 Å². The van der Waals surface area contributed by atoms with Crippen molar-refractivity contribution in [2.24, 2.45) is 0 Å². The van der Waals surface area contributed by atoms with Crippen molar-refractivity contribution < 1.29 is 9.90 Å². The smallest absolute Gasteiger partial charge is 0.303 e. The predicted octanol–water partition coefficient (Wildman–Crippen LogP) is 6.31. The van der Waals surface area contributed by atoms with Gasteiger partial charge in [0.05, 0.1) is 6.42 Å². The van der Waals surface area contributed by atoms with Gasteiger partial charge in [0.25, 0.3) is 0 Å². The molecule has 3 aromatic carbocycles. The predicted molar refractivity (Wildman–Crippen MR) is 114 cm³/mol. The second-order valence-corrected chi connectivity index (χ2v) is 7.52. The maximum atomic E-state index is 11.2. The molecule has 4 rings (SSSR count). The highest BCUT2D eigenvalue weighted by atomic mass is 16.4. The molecule has 2 heteroatoms. The number of aliphatic carboxylic acids is 1. The van der Waals surface area contributed by atoms with Crippen LogP contribution in [0.1, 0.15) is 47.4 Å². The van der Waals surface area contributed by atoms with E-state index in [1.165, 1.54) is 22.3 Å². The fourth-order valence-electron chi connectivity index (χ4n) is 4.19. The number of aryl methyl sites for hydroxylation is 1. The van der Waals surface area contributed by atoms with Gasteiger partial charge in [-0.2, -0.15) is 0 Å². The molecule has 3 aromatic rings. The van der Waals surface area contributed by atoms with Gasteiger partial charge in [-0.05, 0) is 64.1 Å². The summed E-state index contributed by atoms with van der Waals surface area (Å²) in [7, 11) is 0. The van der Waals surface area contributed by atoms with E-state index in [0.717, 1.165) is 36.0 Å². The summed E-state index contributed by atoms with van der Waals surface area (Å²) in [6.45, 7) is 4.32. The Hall–Kier alpha value is -3.13.